The van der Waals surface area contributed by atoms with E-state index in [1.54, 1.807) is 75.6 Å². The highest BCUT2D eigenvalue weighted by molar-refractivity contribution is 7.92. The SMILES string of the molecule is COc1cccc(CC(=O)N(C)[C@H]2CCCc3ccc(NS(=O)(=O)c4cc(-c5cccc(C(=O)N(C)C)c5)ccc4OC)cc32)c1. The van der Waals surface area contributed by atoms with Gasteiger partial charge in [-0.25, -0.2) is 8.42 Å². The molecule has 0 heterocycles. The third-order valence-corrected chi connectivity index (χ3v) is 9.74. The smallest absolute Gasteiger partial charge is 0.265 e. The number of amides is 2. The summed E-state index contributed by atoms with van der Waals surface area (Å²) < 4.78 is 41.2. The van der Waals surface area contributed by atoms with Gasteiger partial charge in [-0.15, -0.1) is 0 Å². The number of hydrogen-bond acceptors (Lipinski definition) is 6. The second kappa shape index (κ2) is 13.7. The number of anilines is 1. The second-order valence-corrected chi connectivity index (χ2v) is 13.3. The molecule has 1 N–H and O–H groups in total. The Morgan fingerprint density at radius 2 is 1.63 bits per heavy atom. The molecule has 0 bridgehead atoms. The number of nitrogens with zero attached hydrogens (tertiary/aromatic N) is 2. The van der Waals surface area contributed by atoms with Crippen LogP contribution in [0.5, 0.6) is 11.5 Å². The number of carbonyl (C=O) groups is 2. The molecule has 0 spiro atoms. The number of sulfonamides is 1. The van der Waals surface area contributed by atoms with Crippen molar-refractivity contribution in [3.63, 3.8) is 0 Å². The summed E-state index contributed by atoms with van der Waals surface area (Å²) in [4.78, 5) is 29.1. The van der Waals surface area contributed by atoms with Crippen LogP contribution in [-0.2, 0) is 27.7 Å². The van der Waals surface area contributed by atoms with Crippen LogP contribution >= 0.6 is 0 Å². The lowest BCUT2D eigenvalue weighted by Crippen LogP contribution is -2.34. The van der Waals surface area contributed by atoms with Gasteiger partial charge in [-0.2, -0.15) is 0 Å². The minimum Gasteiger partial charge on any atom is -0.497 e. The van der Waals surface area contributed by atoms with E-state index in [2.05, 4.69) is 4.72 Å². The van der Waals surface area contributed by atoms with E-state index < -0.39 is 10.0 Å². The number of carbonyl (C=O) groups excluding carboxylic acids is 2. The zero-order valence-corrected chi connectivity index (χ0v) is 27.6. The average Bonchev–Trinajstić information content (AvgIpc) is 3.06. The van der Waals surface area contributed by atoms with Gasteiger partial charge in [0.15, 0.2) is 0 Å². The normalized spacial score (nSPS) is 14.2. The van der Waals surface area contributed by atoms with Crippen LogP contribution in [0.1, 0.15) is 45.9 Å². The third kappa shape index (κ3) is 7.02. The highest BCUT2D eigenvalue weighted by Crippen LogP contribution is 2.37. The van der Waals surface area contributed by atoms with Crippen LogP contribution in [0.25, 0.3) is 11.1 Å². The molecule has 46 heavy (non-hydrogen) atoms. The summed E-state index contributed by atoms with van der Waals surface area (Å²) in [6.07, 6.45) is 2.77. The van der Waals surface area contributed by atoms with Gasteiger partial charge in [0.05, 0.1) is 26.7 Å². The first-order valence-corrected chi connectivity index (χ1v) is 16.5. The van der Waals surface area contributed by atoms with E-state index in [1.165, 1.54) is 12.0 Å². The fraction of sp³-hybridized carbons (Fsp3) is 0.278. The maximum atomic E-state index is 13.8. The third-order valence-electron chi connectivity index (χ3n) is 8.33. The molecule has 1 atom stereocenters. The van der Waals surface area contributed by atoms with E-state index in [-0.39, 0.29) is 34.9 Å². The van der Waals surface area contributed by atoms with Crippen LogP contribution in [0.2, 0.25) is 0 Å². The maximum Gasteiger partial charge on any atom is 0.265 e. The molecule has 0 fully saturated rings. The molecule has 0 unspecified atom stereocenters. The Morgan fingerprint density at radius 3 is 2.37 bits per heavy atom. The van der Waals surface area contributed by atoms with Crippen molar-refractivity contribution in [2.75, 3.05) is 40.1 Å². The first-order valence-electron chi connectivity index (χ1n) is 15.0. The molecule has 0 aliphatic heterocycles. The molecule has 0 radical (unpaired) electrons. The Kier molecular flexibility index (Phi) is 9.67. The zero-order chi connectivity index (χ0) is 33.0. The Hall–Kier alpha value is -4.83. The lowest BCUT2D eigenvalue weighted by molar-refractivity contribution is -0.131. The first kappa shape index (κ1) is 32.6. The maximum absolute atomic E-state index is 13.8. The van der Waals surface area contributed by atoms with Crippen molar-refractivity contribution in [1.29, 1.82) is 0 Å². The van der Waals surface area contributed by atoms with Gasteiger partial charge in [0.25, 0.3) is 15.9 Å². The van der Waals surface area contributed by atoms with E-state index in [1.807, 2.05) is 42.5 Å². The van der Waals surface area contributed by atoms with Gasteiger partial charge in [0.2, 0.25) is 5.91 Å². The molecule has 1 aliphatic carbocycles. The molecule has 4 aromatic carbocycles. The minimum atomic E-state index is -4.10. The number of nitrogens with one attached hydrogen (secondary N) is 1. The Balaban J connectivity index is 1.41. The molecule has 9 nitrogen and oxygen atoms in total. The molecule has 1 aliphatic rings. The van der Waals surface area contributed by atoms with E-state index in [9.17, 15) is 18.0 Å². The van der Waals surface area contributed by atoms with Crippen LogP contribution in [0, 0.1) is 0 Å². The molecule has 0 aromatic heterocycles. The van der Waals surface area contributed by atoms with Gasteiger partial charge in [0.1, 0.15) is 16.4 Å². The fourth-order valence-corrected chi connectivity index (χ4v) is 7.11. The fourth-order valence-electron chi connectivity index (χ4n) is 5.86. The Morgan fingerprint density at radius 1 is 0.870 bits per heavy atom. The molecule has 5 rings (SSSR count). The molecular formula is C36H39N3O6S. The van der Waals surface area contributed by atoms with Gasteiger partial charge < -0.3 is 19.3 Å². The quantitative estimate of drug-likeness (QED) is 0.230. The molecule has 2 amide bonds. The van der Waals surface area contributed by atoms with Gasteiger partial charge in [-0.05, 0) is 95.6 Å². The van der Waals surface area contributed by atoms with Crippen LogP contribution < -0.4 is 14.2 Å². The zero-order valence-electron chi connectivity index (χ0n) is 26.7. The summed E-state index contributed by atoms with van der Waals surface area (Å²) in [6.45, 7) is 0. The predicted molar refractivity (Wildman–Crippen MR) is 179 cm³/mol. The summed E-state index contributed by atoms with van der Waals surface area (Å²) in [5, 5.41) is 0. The summed E-state index contributed by atoms with van der Waals surface area (Å²) in [5.41, 5.74) is 5.09. The molecule has 10 heteroatoms. The largest absolute Gasteiger partial charge is 0.497 e. The minimum absolute atomic E-state index is 0.0308. The van der Waals surface area contributed by atoms with E-state index >= 15 is 0 Å². The van der Waals surface area contributed by atoms with Crippen molar-refractivity contribution in [1.82, 2.24) is 9.80 Å². The highest BCUT2D eigenvalue weighted by atomic mass is 32.2. The highest BCUT2D eigenvalue weighted by Gasteiger charge is 2.28. The van der Waals surface area contributed by atoms with Crippen LogP contribution in [0.15, 0.2) is 89.8 Å². The number of ether oxygens (including phenoxy) is 2. The summed E-state index contributed by atoms with van der Waals surface area (Å²) in [6, 6.07) is 24.8. The van der Waals surface area contributed by atoms with Gasteiger partial charge in [-0.3, -0.25) is 14.3 Å². The number of methoxy groups -OCH3 is 2. The number of rotatable bonds is 10. The van der Waals surface area contributed by atoms with E-state index in [4.69, 9.17) is 9.47 Å². The Bertz CT molecular complexity index is 1870. The van der Waals surface area contributed by atoms with Gasteiger partial charge in [0, 0.05) is 32.4 Å². The second-order valence-electron chi connectivity index (χ2n) is 11.6. The van der Waals surface area contributed by atoms with Crippen molar-refractivity contribution in [2.45, 2.75) is 36.6 Å². The predicted octanol–water partition coefficient (Wildman–Crippen LogP) is 5.95. The van der Waals surface area contributed by atoms with Crippen molar-refractivity contribution in [3.8, 4) is 22.6 Å². The van der Waals surface area contributed by atoms with Crippen molar-refractivity contribution >= 4 is 27.5 Å². The van der Waals surface area contributed by atoms with Gasteiger partial charge >= 0.3 is 0 Å². The van der Waals surface area contributed by atoms with Gasteiger partial charge in [-0.1, -0.05) is 36.4 Å². The van der Waals surface area contributed by atoms with E-state index in [0.29, 0.717) is 28.1 Å². The lowest BCUT2D eigenvalue weighted by Gasteiger charge is -2.34. The molecule has 240 valence electrons. The summed E-state index contributed by atoms with van der Waals surface area (Å²) in [5.74, 6) is 0.705. The van der Waals surface area contributed by atoms with Crippen LogP contribution in [0.4, 0.5) is 5.69 Å². The monoisotopic (exact) mass is 641 g/mol. The lowest BCUT2D eigenvalue weighted by atomic mass is 9.86. The topological polar surface area (TPSA) is 105 Å². The molecule has 0 saturated carbocycles. The first-order chi connectivity index (χ1) is 22.0. The Labute approximate surface area is 270 Å². The summed E-state index contributed by atoms with van der Waals surface area (Å²) >= 11 is 0. The van der Waals surface area contributed by atoms with Crippen LogP contribution in [-0.4, -0.2) is 65.4 Å². The number of fused-ring (bicyclic) bond motifs is 1. The standard InChI is InChI=1S/C36H39N3O6S/c1-38(2)36(41)28-12-7-11-26(21-28)27-16-18-33(45-5)34(22-27)46(42,43)37-29-17-15-25-10-8-14-32(31(25)23-29)39(3)35(40)20-24-9-6-13-30(19-24)44-4/h6-7,9,11-13,15-19,21-23,32,37H,8,10,14,20H2,1-5H3/t32-/m0/s1. The van der Waals surface area contributed by atoms with E-state index in [0.717, 1.165) is 36.0 Å². The molecule has 4 aromatic rings. The summed E-state index contributed by atoms with van der Waals surface area (Å²) in [7, 11) is 4.09. The average molecular weight is 642 g/mol. The number of likely N-dealkylation sites (N-methyl/N-ethyl adjacent to an activating group) is 1. The van der Waals surface area contributed by atoms with Crippen molar-refractivity contribution in [2.24, 2.45) is 0 Å². The van der Waals surface area contributed by atoms with Crippen LogP contribution in [0.3, 0.4) is 0 Å². The number of benzene rings is 4. The number of aryl methyl sites for hydroxylation is 1. The molecular weight excluding hydrogens is 602 g/mol. The van der Waals surface area contributed by atoms with Crippen molar-refractivity contribution < 1.29 is 27.5 Å². The van der Waals surface area contributed by atoms with Crippen molar-refractivity contribution in [3.05, 3.63) is 107 Å². The number of hydrogen-bond donors (Lipinski definition) is 1. The molecule has 0 saturated heterocycles.